The highest BCUT2D eigenvalue weighted by Gasteiger charge is 2.27. The Bertz CT molecular complexity index is 466. The van der Waals surface area contributed by atoms with Crippen LogP contribution in [0.2, 0.25) is 0 Å². The number of hydrogen-bond donors (Lipinski definition) is 1. The maximum absolute atomic E-state index is 4.57. The van der Waals surface area contributed by atoms with Gasteiger partial charge < -0.3 is 9.72 Å². The van der Waals surface area contributed by atoms with Crippen LogP contribution in [-0.4, -0.2) is 15.9 Å². The van der Waals surface area contributed by atoms with Gasteiger partial charge in [0.25, 0.3) is 0 Å². The Morgan fingerprint density at radius 1 is 1.47 bits per heavy atom. The number of rotatable bonds is 5. The lowest BCUT2D eigenvalue weighted by Gasteiger charge is -2.09. The van der Waals surface area contributed by atoms with E-state index in [0.29, 0.717) is 0 Å². The van der Waals surface area contributed by atoms with Gasteiger partial charge in [-0.3, -0.25) is 0 Å². The van der Waals surface area contributed by atoms with Crippen LogP contribution in [0.4, 0.5) is 0 Å². The minimum Gasteiger partial charge on any atom is -0.311 e. The standard InChI is InChI=1S/C14H19N3/c1-11(12-5-6-12)8-15-9-13-10-17-7-3-2-4-14(17)16-13/h2-4,7,10-12,15H,5-6,8-9H2,1H3. The number of nitrogens with zero attached hydrogens (tertiary/aromatic N) is 2. The molecule has 1 aliphatic carbocycles. The molecule has 3 nitrogen and oxygen atoms in total. The fourth-order valence-electron chi connectivity index (χ4n) is 2.33. The molecule has 1 saturated carbocycles. The van der Waals surface area contributed by atoms with Crippen molar-refractivity contribution in [3.8, 4) is 0 Å². The molecule has 1 unspecified atom stereocenters. The molecule has 1 aliphatic rings. The van der Waals surface area contributed by atoms with Gasteiger partial charge in [0.05, 0.1) is 5.69 Å². The molecule has 1 atom stereocenters. The van der Waals surface area contributed by atoms with Crippen molar-refractivity contribution < 1.29 is 0 Å². The van der Waals surface area contributed by atoms with Gasteiger partial charge in [-0.15, -0.1) is 0 Å². The molecule has 0 aromatic carbocycles. The van der Waals surface area contributed by atoms with Crippen molar-refractivity contribution in [2.45, 2.75) is 26.3 Å². The van der Waals surface area contributed by atoms with Gasteiger partial charge in [-0.25, -0.2) is 4.98 Å². The van der Waals surface area contributed by atoms with Gasteiger partial charge in [0.2, 0.25) is 0 Å². The van der Waals surface area contributed by atoms with E-state index in [2.05, 4.69) is 27.8 Å². The number of aromatic nitrogens is 2. The molecule has 1 fully saturated rings. The van der Waals surface area contributed by atoms with Gasteiger partial charge in [0.15, 0.2) is 0 Å². The average Bonchev–Trinajstić information content (AvgIpc) is 3.09. The first-order chi connectivity index (χ1) is 8.33. The van der Waals surface area contributed by atoms with E-state index >= 15 is 0 Å². The number of pyridine rings is 1. The lowest BCUT2D eigenvalue weighted by molar-refractivity contribution is 0.460. The summed E-state index contributed by atoms with van der Waals surface area (Å²) in [5, 5.41) is 3.51. The molecular weight excluding hydrogens is 210 g/mol. The summed E-state index contributed by atoms with van der Waals surface area (Å²) in [6.45, 7) is 4.33. The second-order valence-electron chi connectivity index (χ2n) is 5.14. The van der Waals surface area contributed by atoms with E-state index in [0.717, 1.165) is 36.3 Å². The molecule has 0 saturated heterocycles. The zero-order chi connectivity index (χ0) is 11.7. The summed E-state index contributed by atoms with van der Waals surface area (Å²) in [7, 11) is 0. The van der Waals surface area contributed by atoms with Crippen LogP contribution in [0.1, 0.15) is 25.5 Å². The van der Waals surface area contributed by atoms with E-state index in [9.17, 15) is 0 Å². The van der Waals surface area contributed by atoms with Gasteiger partial charge in [0.1, 0.15) is 5.65 Å². The van der Waals surface area contributed by atoms with Crippen molar-refractivity contribution in [2.75, 3.05) is 6.54 Å². The Balaban J connectivity index is 1.57. The molecule has 90 valence electrons. The van der Waals surface area contributed by atoms with Crippen LogP contribution in [0.5, 0.6) is 0 Å². The summed E-state index contributed by atoms with van der Waals surface area (Å²) in [6.07, 6.45) is 7.00. The van der Waals surface area contributed by atoms with Crippen LogP contribution >= 0.6 is 0 Å². The molecule has 3 rings (SSSR count). The van der Waals surface area contributed by atoms with Crippen molar-refractivity contribution in [3.63, 3.8) is 0 Å². The SMILES string of the molecule is CC(CNCc1cn2ccccc2n1)C1CC1. The highest BCUT2D eigenvalue weighted by Crippen LogP contribution is 2.36. The van der Waals surface area contributed by atoms with Gasteiger partial charge in [-0.05, 0) is 43.4 Å². The lowest BCUT2D eigenvalue weighted by atomic mass is 10.1. The number of fused-ring (bicyclic) bond motifs is 1. The fraction of sp³-hybridized carbons (Fsp3) is 0.500. The maximum Gasteiger partial charge on any atom is 0.137 e. The average molecular weight is 229 g/mol. The van der Waals surface area contributed by atoms with Gasteiger partial charge in [-0.2, -0.15) is 0 Å². The molecule has 17 heavy (non-hydrogen) atoms. The Hall–Kier alpha value is -1.35. The van der Waals surface area contributed by atoms with E-state index in [4.69, 9.17) is 0 Å². The van der Waals surface area contributed by atoms with Crippen LogP contribution in [0.3, 0.4) is 0 Å². The van der Waals surface area contributed by atoms with Crippen molar-refractivity contribution in [3.05, 3.63) is 36.3 Å². The third kappa shape index (κ3) is 2.50. The van der Waals surface area contributed by atoms with Gasteiger partial charge >= 0.3 is 0 Å². The van der Waals surface area contributed by atoms with Crippen molar-refractivity contribution in [1.29, 1.82) is 0 Å². The molecule has 2 heterocycles. The number of hydrogen-bond acceptors (Lipinski definition) is 2. The van der Waals surface area contributed by atoms with Gasteiger partial charge in [-0.1, -0.05) is 13.0 Å². The monoisotopic (exact) mass is 229 g/mol. The zero-order valence-electron chi connectivity index (χ0n) is 10.3. The predicted molar refractivity (Wildman–Crippen MR) is 68.8 cm³/mol. The second-order valence-corrected chi connectivity index (χ2v) is 5.14. The van der Waals surface area contributed by atoms with E-state index < -0.39 is 0 Å². The molecule has 0 spiro atoms. The molecule has 0 aliphatic heterocycles. The van der Waals surface area contributed by atoms with Crippen LogP contribution < -0.4 is 5.32 Å². The minimum absolute atomic E-state index is 0.812. The summed E-state index contributed by atoms with van der Waals surface area (Å²) in [5.41, 5.74) is 2.15. The molecule has 1 N–H and O–H groups in total. The van der Waals surface area contributed by atoms with Crippen LogP contribution in [0.25, 0.3) is 5.65 Å². The molecule has 3 heteroatoms. The molecule has 2 aromatic heterocycles. The fourth-order valence-corrected chi connectivity index (χ4v) is 2.33. The predicted octanol–water partition coefficient (Wildman–Crippen LogP) is 2.47. The van der Waals surface area contributed by atoms with E-state index in [1.54, 1.807) is 0 Å². The normalized spacial score (nSPS) is 17.5. The largest absolute Gasteiger partial charge is 0.311 e. The first kappa shape index (κ1) is 10.8. The first-order valence-corrected chi connectivity index (χ1v) is 6.46. The summed E-state index contributed by atoms with van der Waals surface area (Å²) < 4.78 is 2.07. The summed E-state index contributed by atoms with van der Waals surface area (Å²) in [5.74, 6) is 1.79. The Labute approximate surface area is 102 Å². The van der Waals surface area contributed by atoms with Crippen LogP contribution in [-0.2, 0) is 6.54 Å². The Morgan fingerprint density at radius 3 is 3.12 bits per heavy atom. The lowest BCUT2D eigenvalue weighted by Crippen LogP contribution is -2.21. The van der Waals surface area contributed by atoms with Crippen molar-refractivity contribution >= 4 is 5.65 Å². The zero-order valence-corrected chi connectivity index (χ0v) is 10.3. The first-order valence-electron chi connectivity index (χ1n) is 6.46. The topological polar surface area (TPSA) is 29.3 Å². The molecule has 0 radical (unpaired) electrons. The Morgan fingerprint density at radius 2 is 2.35 bits per heavy atom. The van der Waals surface area contributed by atoms with Crippen LogP contribution in [0.15, 0.2) is 30.6 Å². The van der Waals surface area contributed by atoms with E-state index in [1.165, 1.54) is 12.8 Å². The molecule has 2 aromatic rings. The molecule has 0 bridgehead atoms. The van der Waals surface area contributed by atoms with Crippen molar-refractivity contribution in [1.82, 2.24) is 14.7 Å². The molecular formula is C14H19N3. The maximum atomic E-state index is 4.57. The third-order valence-corrected chi connectivity index (χ3v) is 3.61. The van der Waals surface area contributed by atoms with Gasteiger partial charge in [0, 0.05) is 18.9 Å². The quantitative estimate of drug-likeness (QED) is 0.853. The Kier molecular flexibility index (Phi) is 2.85. The van der Waals surface area contributed by atoms with E-state index in [1.807, 2.05) is 24.4 Å². The number of nitrogens with one attached hydrogen (secondary N) is 1. The summed E-state index contributed by atoms with van der Waals surface area (Å²) in [4.78, 5) is 4.57. The smallest absolute Gasteiger partial charge is 0.137 e. The second kappa shape index (κ2) is 4.49. The van der Waals surface area contributed by atoms with E-state index in [-0.39, 0.29) is 0 Å². The summed E-state index contributed by atoms with van der Waals surface area (Å²) in [6, 6.07) is 6.09. The highest BCUT2D eigenvalue weighted by molar-refractivity contribution is 5.39. The third-order valence-electron chi connectivity index (χ3n) is 3.61. The molecule has 0 amide bonds. The number of imidazole rings is 1. The van der Waals surface area contributed by atoms with Crippen LogP contribution in [0, 0.1) is 11.8 Å². The minimum atomic E-state index is 0.812. The summed E-state index contributed by atoms with van der Waals surface area (Å²) >= 11 is 0. The highest BCUT2D eigenvalue weighted by atomic mass is 15.0. The van der Waals surface area contributed by atoms with Crippen molar-refractivity contribution in [2.24, 2.45) is 11.8 Å².